The van der Waals surface area contributed by atoms with Gasteiger partial charge < -0.3 is 15.2 Å². The highest BCUT2D eigenvalue weighted by molar-refractivity contribution is 7.13. The van der Waals surface area contributed by atoms with Gasteiger partial charge in [-0.05, 0) is 30.9 Å². The number of nitrogens with one attached hydrogen (secondary N) is 1. The number of carboxylic acids is 1. The number of aromatic nitrogens is 1. The van der Waals surface area contributed by atoms with Gasteiger partial charge in [-0.15, -0.1) is 11.3 Å². The number of ether oxygens (including phenoxy) is 1. The fourth-order valence-electron chi connectivity index (χ4n) is 3.22. The molecule has 6 nitrogen and oxygen atoms in total. The molecule has 1 aromatic heterocycles. The largest absolute Gasteiger partial charge is 0.476 e. The SMILES string of the molecule is CCC(OC1CCCC1)C(=O)NCc1cccc(-c2nc(C(=O)O)cs2)c1. The van der Waals surface area contributed by atoms with Crippen molar-refractivity contribution in [2.24, 2.45) is 0 Å². The number of benzene rings is 1. The Kier molecular flexibility index (Phi) is 6.58. The minimum absolute atomic E-state index is 0.0450. The standard InChI is InChI=1S/C20H24N2O4S/c1-2-17(26-15-8-3-4-9-15)18(23)21-11-13-6-5-7-14(10-13)19-22-16(12-27-19)20(24)25/h5-7,10,12,15,17H,2-4,8-9,11H2,1H3,(H,21,23)(H,24,25). The first-order valence-electron chi connectivity index (χ1n) is 9.28. The van der Waals surface area contributed by atoms with E-state index in [1.807, 2.05) is 31.2 Å². The third-order valence-corrected chi connectivity index (χ3v) is 5.58. The maximum atomic E-state index is 12.5. The van der Waals surface area contributed by atoms with Crippen molar-refractivity contribution in [1.82, 2.24) is 10.3 Å². The average Bonchev–Trinajstić information content (AvgIpc) is 3.36. The van der Waals surface area contributed by atoms with Gasteiger partial charge in [-0.2, -0.15) is 0 Å². The Morgan fingerprint density at radius 3 is 2.81 bits per heavy atom. The summed E-state index contributed by atoms with van der Waals surface area (Å²) in [6.45, 7) is 2.36. The van der Waals surface area contributed by atoms with E-state index in [1.54, 1.807) is 0 Å². The molecule has 27 heavy (non-hydrogen) atoms. The van der Waals surface area contributed by atoms with Crippen LogP contribution in [-0.2, 0) is 16.1 Å². The zero-order valence-electron chi connectivity index (χ0n) is 15.3. The smallest absolute Gasteiger partial charge is 0.355 e. The topological polar surface area (TPSA) is 88.5 Å². The monoisotopic (exact) mass is 388 g/mol. The summed E-state index contributed by atoms with van der Waals surface area (Å²) in [4.78, 5) is 27.6. The van der Waals surface area contributed by atoms with Crippen LogP contribution in [0.5, 0.6) is 0 Å². The van der Waals surface area contributed by atoms with Crippen LogP contribution in [0.1, 0.15) is 55.1 Å². The third-order valence-electron chi connectivity index (χ3n) is 4.69. The number of carbonyl (C=O) groups excluding carboxylic acids is 1. The Labute approximate surface area is 162 Å². The van der Waals surface area contributed by atoms with Crippen LogP contribution in [0.4, 0.5) is 0 Å². The van der Waals surface area contributed by atoms with Crippen molar-refractivity contribution >= 4 is 23.2 Å². The molecule has 2 N–H and O–H groups in total. The second-order valence-corrected chi connectivity index (χ2v) is 7.56. The Morgan fingerprint density at radius 1 is 1.37 bits per heavy atom. The first kappa shape index (κ1) is 19.5. The summed E-state index contributed by atoms with van der Waals surface area (Å²) in [7, 11) is 0. The molecule has 0 aliphatic heterocycles. The predicted molar refractivity (Wildman–Crippen MR) is 104 cm³/mol. The number of carboxylic acid groups (broad SMARTS) is 1. The van der Waals surface area contributed by atoms with Gasteiger partial charge in [0.1, 0.15) is 11.1 Å². The minimum atomic E-state index is -1.03. The van der Waals surface area contributed by atoms with E-state index in [0.29, 0.717) is 18.0 Å². The van der Waals surface area contributed by atoms with Crippen LogP contribution >= 0.6 is 11.3 Å². The Balaban J connectivity index is 1.60. The first-order valence-corrected chi connectivity index (χ1v) is 10.2. The van der Waals surface area contributed by atoms with Gasteiger partial charge in [-0.3, -0.25) is 4.79 Å². The van der Waals surface area contributed by atoms with E-state index in [0.717, 1.165) is 24.0 Å². The number of carbonyl (C=O) groups is 2. The van der Waals surface area contributed by atoms with E-state index in [4.69, 9.17) is 9.84 Å². The van der Waals surface area contributed by atoms with E-state index in [9.17, 15) is 9.59 Å². The zero-order valence-corrected chi connectivity index (χ0v) is 16.1. The fraction of sp³-hybridized carbons (Fsp3) is 0.450. The zero-order chi connectivity index (χ0) is 19.2. The van der Waals surface area contributed by atoms with Crippen molar-refractivity contribution in [1.29, 1.82) is 0 Å². The summed E-state index contributed by atoms with van der Waals surface area (Å²) in [5.74, 6) is -1.12. The van der Waals surface area contributed by atoms with E-state index in [1.165, 1.54) is 29.6 Å². The molecule has 1 saturated carbocycles. The fourth-order valence-corrected chi connectivity index (χ4v) is 4.01. The van der Waals surface area contributed by atoms with E-state index < -0.39 is 12.1 Å². The summed E-state index contributed by atoms with van der Waals surface area (Å²) < 4.78 is 5.95. The van der Waals surface area contributed by atoms with Gasteiger partial charge in [0.15, 0.2) is 5.69 Å². The number of hydrogen-bond donors (Lipinski definition) is 2. The molecule has 2 aromatic rings. The van der Waals surface area contributed by atoms with Crippen molar-refractivity contribution in [3.05, 3.63) is 40.9 Å². The van der Waals surface area contributed by atoms with Crippen LogP contribution in [-0.4, -0.2) is 34.2 Å². The van der Waals surface area contributed by atoms with Gasteiger partial charge in [0, 0.05) is 17.5 Å². The number of rotatable bonds is 8. The van der Waals surface area contributed by atoms with Crippen molar-refractivity contribution in [2.75, 3.05) is 0 Å². The lowest BCUT2D eigenvalue weighted by Crippen LogP contribution is -2.37. The second-order valence-electron chi connectivity index (χ2n) is 6.70. The van der Waals surface area contributed by atoms with Crippen molar-refractivity contribution < 1.29 is 19.4 Å². The molecule has 1 heterocycles. The molecular formula is C20H24N2O4S. The maximum absolute atomic E-state index is 12.5. The minimum Gasteiger partial charge on any atom is -0.476 e. The number of thiazole rings is 1. The van der Waals surface area contributed by atoms with E-state index in [-0.39, 0.29) is 17.7 Å². The summed E-state index contributed by atoms with van der Waals surface area (Å²) in [5.41, 5.74) is 1.82. The van der Waals surface area contributed by atoms with Crippen LogP contribution < -0.4 is 5.32 Å². The average molecular weight is 388 g/mol. The quantitative estimate of drug-likeness (QED) is 0.717. The molecule has 1 atom stereocenters. The molecule has 0 spiro atoms. The molecule has 0 saturated heterocycles. The van der Waals surface area contributed by atoms with Crippen molar-refractivity contribution in [3.63, 3.8) is 0 Å². The summed E-state index contributed by atoms with van der Waals surface area (Å²) in [5, 5.41) is 14.1. The molecule has 3 rings (SSSR count). The normalized spacial score (nSPS) is 15.6. The summed E-state index contributed by atoms with van der Waals surface area (Å²) >= 11 is 1.29. The molecule has 1 fully saturated rings. The van der Waals surface area contributed by atoms with Gasteiger partial charge in [0.05, 0.1) is 6.10 Å². The molecular weight excluding hydrogens is 364 g/mol. The lowest BCUT2D eigenvalue weighted by molar-refractivity contribution is -0.136. The highest BCUT2D eigenvalue weighted by Crippen LogP contribution is 2.25. The van der Waals surface area contributed by atoms with E-state index in [2.05, 4.69) is 10.3 Å². The van der Waals surface area contributed by atoms with Gasteiger partial charge in [-0.25, -0.2) is 9.78 Å². The Morgan fingerprint density at radius 2 is 2.15 bits per heavy atom. The van der Waals surface area contributed by atoms with Crippen LogP contribution in [0.25, 0.3) is 10.6 Å². The number of aromatic carboxylic acids is 1. The molecule has 1 amide bonds. The molecule has 1 aromatic carbocycles. The Bertz CT molecular complexity index is 799. The molecule has 7 heteroatoms. The molecule has 1 unspecified atom stereocenters. The van der Waals surface area contributed by atoms with Gasteiger partial charge in [0.25, 0.3) is 0 Å². The number of amides is 1. The lowest BCUT2D eigenvalue weighted by atomic mass is 10.1. The van der Waals surface area contributed by atoms with Crippen LogP contribution in [0.2, 0.25) is 0 Å². The number of nitrogens with zero attached hydrogens (tertiary/aromatic N) is 1. The lowest BCUT2D eigenvalue weighted by Gasteiger charge is -2.20. The molecule has 144 valence electrons. The van der Waals surface area contributed by atoms with Gasteiger partial charge >= 0.3 is 5.97 Å². The van der Waals surface area contributed by atoms with Crippen LogP contribution in [0.15, 0.2) is 29.6 Å². The van der Waals surface area contributed by atoms with Crippen LogP contribution in [0.3, 0.4) is 0 Å². The molecule has 0 bridgehead atoms. The molecule has 1 aliphatic carbocycles. The summed E-state index contributed by atoms with van der Waals surface area (Å²) in [6, 6.07) is 7.61. The summed E-state index contributed by atoms with van der Waals surface area (Å²) in [6.07, 6.45) is 4.88. The Hall–Kier alpha value is -2.25. The highest BCUT2D eigenvalue weighted by Gasteiger charge is 2.24. The molecule has 0 radical (unpaired) electrons. The first-order chi connectivity index (χ1) is 13.1. The van der Waals surface area contributed by atoms with Gasteiger partial charge in [0.2, 0.25) is 5.91 Å². The maximum Gasteiger partial charge on any atom is 0.355 e. The van der Waals surface area contributed by atoms with Crippen molar-refractivity contribution in [2.45, 2.75) is 57.8 Å². The van der Waals surface area contributed by atoms with Gasteiger partial charge in [-0.1, -0.05) is 38.0 Å². The van der Waals surface area contributed by atoms with E-state index >= 15 is 0 Å². The predicted octanol–water partition coefficient (Wildman–Crippen LogP) is 3.86. The number of hydrogen-bond acceptors (Lipinski definition) is 5. The highest BCUT2D eigenvalue weighted by atomic mass is 32.1. The second kappa shape index (κ2) is 9.10. The molecule has 1 aliphatic rings. The third kappa shape index (κ3) is 5.14. The van der Waals surface area contributed by atoms with Crippen molar-refractivity contribution in [3.8, 4) is 10.6 Å². The van der Waals surface area contributed by atoms with Crippen LogP contribution in [0, 0.1) is 0 Å².